The van der Waals surface area contributed by atoms with Gasteiger partial charge in [-0.3, -0.25) is 0 Å². The zero-order valence-corrected chi connectivity index (χ0v) is 7.99. The van der Waals surface area contributed by atoms with E-state index < -0.39 is 0 Å². The highest BCUT2D eigenvalue weighted by Crippen LogP contribution is 2.07. The number of hydrogen-bond acceptors (Lipinski definition) is 3. The van der Waals surface area contributed by atoms with Crippen molar-refractivity contribution in [1.82, 2.24) is 14.9 Å². The van der Waals surface area contributed by atoms with Gasteiger partial charge in [0, 0.05) is 12.4 Å². The molecule has 1 N–H and O–H groups in total. The van der Waals surface area contributed by atoms with Gasteiger partial charge < -0.3 is 9.88 Å². The summed E-state index contributed by atoms with van der Waals surface area (Å²) < 4.78 is 1.88. The average Bonchev–Trinajstić information content (AvgIpc) is 2.61. The number of aromatic nitrogens is 2. The molecule has 0 saturated heterocycles. The van der Waals surface area contributed by atoms with Crippen molar-refractivity contribution >= 4 is 0 Å². The summed E-state index contributed by atoms with van der Waals surface area (Å²) >= 11 is 0. The van der Waals surface area contributed by atoms with Gasteiger partial charge in [0.25, 0.3) is 0 Å². The van der Waals surface area contributed by atoms with E-state index in [1.54, 1.807) is 6.20 Å². The second-order valence-corrected chi connectivity index (χ2v) is 2.84. The topological polar surface area (TPSA) is 53.6 Å². The first kappa shape index (κ1) is 9.75. The first-order valence-electron chi connectivity index (χ1n) is 4.41. The Morgan fingerprint density at radius 2 is 2.54 bits per heavy atom. The van der Waals surface area contributed by atoms with Crippen LogP contribution in [0.2, 0.25) is 0 Å². The number of nitrogens with one attached hydrogen (secondary N) is 1. The Morgan fingerprint density at radius 1 is 1.77 bits per heavy atom. The zero-order valence-electron chi connectivity index (χ0n) is 7.99. The Balaban J connectivity index is 2.72. The van der Waals surface area contributed by atoms with Crippen LogP contribution in [-0.2, 0) is 6.54 Å². The summed E-state index contributed by atoms with van der Waals surface area (Å²) in [4.78, 5) is 4.17. The van der Waals surface area contributed by atoms with E-state index in [-0.39, 0.29) is 6.04 Å². The lowest BCUT2D eigenvalue weighted by Crippen LogP contribution is -2.17. The number of hydrogen-bond donors (Lipinski definition) is 1. The Bertz CT molecular complexity index is 297. The van der Waals surface area contributed by atoms with Crippen LogP contribution in [0.1, 0.15) is 25.7 Å². The van der Waals surface area contributed by atoms with Crippen molar-refractivity contribution in [3.8, 4) is 6.07 Å². The van der Waals surface area contributed by atoms with Gasteiger partial charge >= 0.3 is 0 Å². The monoisotopic (exact) mass is 178 g/mol. The molecular weight excluding hydrogens is 164 g/mol. The smallest absolute Gasteiger partial charge is 0.123 e. The summed E-state index contributed by atoms with van der Waals surface area (Å²) in [6.07, 6.45) is 3.56. The maximum Gasteiger partial charge on any atom is 0.123 e. The molecule has 0 fully saturated rings. The molecule has 0 aliphatic rings. The summed E-state index contributed by atoms with van der Waals surface area (Å²) in [5.41, 5.74) is 0. The van der Waals surface area contributed by atoms with Gasteiger partial charge in [-0.1, -0.05) is 6.92 Å². The first-order chi connectivity index (χ1) is 6.29. The molecule has 0 bridgehead atoms. The molecule has 1 rings (SSSR count). The predicted molar refractivity (Wildman–Crippen MR) is 49.9 cm³/mol. The molecule has 1 atom stereocenters. The summed E-state index contributed by atoms with van der Waals surface area (Å²) in [5, 5.41) is 11.9. The van der Waals surface area contributed by atoms with Gasteiger partial charge in [0.15, 0.2) is 0 Å². The lowest BCUT2D eigenvalue weighted by atomic mass is 10.3. The minimum atomic E-state index is -0.142. The minimum Gasteiger partial charge on any atom is -0.318 e. The van der Waals surface area contributed by atoms with Gasteiger partial charge in [-0.15, -0.1) is 0 Å². The van der Waals surface area contributed by atoms with Crippen LogP contribution >= 0.6 is 0 Å². The van der Waals surface area contributed by atoms with Crippen LogP contribution in [0.25, 0.3) is 0 Å². The summed E-state index contributed by atoms with van der Waals surface area (Å²) in [6, 6.07) is 2.04. The third-order valence-corrected chi connectivity index (χ3v) is 1.89. The van der Waals surface area contributed by atoms with Gasteiger partial charge in [0.05, 0.1) is 12.6 Å². The molecule has 0 aliphatic carbocycles. The Morgan fingerprint density at radius 3 is 3.15 bits per heavy atom. The molecule has 0 radical (unpaired) electrons. The van der Waals surface area contributed by atoms with E-state index in [1.807, 2.05) is 24.6 Å². The van der Waals surface area contributed by atoms with Crippen molar-refractivity contribution in [2.24, 2.45) is 0 Å². The zero-order chi connectivity index (χ0) is 9.68. The van der Waals surface area contributed by atoms with Crippen molar-refractivity contribution in [3.63, 3.8) is 0 Å². The van der Waals surface area contributed by atoms with Gasteiger partial charge in [-0.2, -0.15) is 5.26 Å². The number of nitrogens with zero attached hydrogens (tertiary/aromatic N) is 3. The predicted octanol–water partition coefficient (Wildman–Crippen LogP) is 1.08. The van der Waals surface area contributed by atoms with Crippen molar-refractivity contribution in [2.45, 2.75) is 26.4 Å². The fraction of sp³-hybridized carbons (Fsp3) is 0.556. The van der Waals surface area contributed by atoms with Crippen molar-refractivity contribution in [3.05, 3.63) is 18.2 Å². The van der Waals surface area contributed by atoms with E-state index in [9.17, 15) is 0 Å². The molecule has 0 aromatic carbocycles. The second-order valence-electron chi connectivity index (χ2n) is 2.84. The molecule has 0 saturated carbocycles. The van der Waals surface area contributed by atoms with E-state index in [4.69, 9.17) is 5.26 Å². The second kappa shape index (κ2) is 4.63. The summed E-state index contributed by atoms with van der Waals surface area (Å²) in [7, 11) is 0. The normalized spacial score (nSPS) is 12.4. The van der Waals surface area contributed by atoms with Gasteiger partial charge in [0.2, 0.25) is 0 Å². The van der Waals surface area contributed by atoms with Crippen molar-refractivity contribution < 1.29 is 0 Å². The van der Waals surface area contributed by atoms with E-state index in [0.29, 0.717) is 0 Å². The maximum absolute atomic E-state index is 8.74. The largest absolute Gasteiger partial charge is 0.318 e. The molecule has 4 nitrogen and oxygen atoms in total. The standard InChI is InChI=1S/C9H14N4/c1-3-11-7-9-12-4-5-13(9)8(2)6-10/h4-5,8,11H,3,7H2,1-2H3. The van der Waals surface area contributed by atoms with Crippen LogP contribution < -0.4 is 5.32 Å². The van der Waals surface area contributed by atoms with Crippen LogP contribution in [0.4, 0.5) is 0 Å². The molecule has 1 heterocycles. The third kappa shape index (κ3) is 2.30. The van der Waals surface area contributed by atoms with E-state index in [0.717, 1.165) is 18.9 Å². The van der Waals surface area contributed by atoms with E-state index in [1.165, 1.54) is 0 Å². The fourth-order valence-corrected chi connectivity index (χ4v) is 1.13. The van der Waals surface area contributed by atoms with Crippen molar-refractivity contribution in [2.75, 3.05) is 6.54 Å². The molecule has 70 valence electrons. The molecule has 1 aromatic heterocycles. The van der Waals surface area contributed by atoms with Crippen LogP contribution in [0.3, 0.4) is 0 Å². The minimum absolute atomic E-state index is 0.142. The highest BCUT2D eigenvalue weighted by molar-refractivity contribution is 4.99. The average molecular weight is 178 g/mol. The van der Waals surface area contributed by atoms with Crippen LogP contribution in [0.15, 0.2) is 12.4 Å². The van der Waals surface area contributed by atoms with Crippen LogP contribution in [0, 0.1) is 11.3 Å². The fourth-order valence-electron chi connectivity index (χ4n) is 1.13. The third-order valence-electron chi connectivity index (χ3n) is 1.89. The Labute approximate surface area is 78.2 Å². The van der Waals surface area contributed by atoms with E-state index >= 15 is 0 Å². The quantitative estimate of drug-likeness (QED) is 0.750. The van der Waals surface area contributed by atoms with Gasteiger partial charge in [-0.05, 0) is 13.5 Å². The van der Waals surface area contributed by atoms with Gasteiger partial charge in [-0.25, -0.2) is 4.98 Å². The number of rotatable bonds is 4. The highest BCUT2D eigenvalue weighted by Gasteiger charge is 2.07. The lowest BCUT2D eigenvalue weighted by molar-refractivity contribution is 0.591. The molecule has 13 heavy (non-hydrogen) atoms. The molecule has 0 amide bonds. The van der Waals surface area contributed by atoms with Crippen molar-refractivity contribution in [1.29, 1.82) is 5.26 Å². The molecule has 1 aromatic rings. The number of nitriles is 1. The Kier molecular flexibility index (Phi) is 3.47. The highest BCUT2D eigenvalue weighted by atomic mass is 15.1. The summed E-state index contributed by atoms with van der Waals surface area (Å²) in [6.45, 7) is 5.53. The maximum atomic E-state index is 8.74. The Hall–Kier alpha value is -1.34. The van der Waals surface area contributed by atoms with E-state index in [2.05, 4.69) is 16.4 Å². The molecular formula is C9H14N4. The molecule has 1 unspecified atom stereocenters. The number of imidazole rings is 1. The van der Waals surface area contributed by atoms with Crippen LogP contribution in [-0.4, -0.2) is 16.1 Å². The molecule has 0 spiro atoms. The van der Waals surface area contributed by atoms with Crippen LogP contribution in [0.5, 0.6) is 0 Å². The summed E-state index contributed by atoms with van der Waals surface area (Å²) in [5.74, 6) is 0.913. The molecule has 4 heteroatoms. The first-order valence-corrected chi connectivity index (χ1v) is 4.41. The molecule has 0 aliphatic heterocycles. The van der Waals surface area contributed by atoms with Gasteiger partial charge in [0.1, 0.15) is 11.9 Å². The SMILES string of the molecule is CCNCc1nccn1C(C)C#N. The lowest BCUT2D eigenvalue weighted by Gasteiger charge is -2.08.